The zero-order valence-corrected chi connectivity index (χ0v) is 16.9. The van der Waals surface area contributed by atoms with Gasteiger partial charge in [0, 0.05) is 18.2 Å². The predicted octanol–water partition coefficient (Wildman–Crippen LogP) is 1.99. The third-order valence-corrected chi connectivity index (χ3v) is 4.42. The van der Waals surface area contributed by atoms with E-state index in [1.54, 1.807) is 7.11 Å². The Morgan fingerprint density at radius 1 is 1.30 bits per heavy atom. The van der Waals surface area contributed by atoms with E-state index in [0.717, 1.165) is 11.1 Å². The predicted molar refractivity (Wildman–Crippen MR) is 112 cm³/mol. The highest BCUT2D eigenvalue weighted by Gasteiger charge is 2.30. The van der Waals surface area contributed by atoms with Crippen molar-refractivity contribution < 1.29 is 9.47 Å². The van der Waals surface area contributed by atoms with Crippen molar-refractivity contribution in [3.05, 3.63) is 40.5 Å². The molecule has 10 nitrogen and oxygen atoms in total. The Hall–Kier alpha value is -4.02. The molecule has 0 spiro atoms. The summed E-state index contributed by atoms with van der Waals surface area (Å²) < 4.78 is 11.2. The molecule has 2 heterocycles. The quantitative estimate of drug-likeness (QED) is 0.428. The average Bonchev–Trinajstić information content (AvgIpc) is 2.69. The Bertz CT molecular complexity index is 1080. The first-order chi connectivity index (χ1) is 14.4. The zero-order valence-electron chi connectivity index (χ0n) is 16.9. The number of nitrogens with zero attached hydrogens (tertiary/aromatic N) is 4. The number of aromatic nitrogens is 1. The number of ether oxygens (including phenoxy) is 2. The Kier molecular flexibility index (Phi) is 5.90. The number of nitrogens with one attached hydrogen (secondary N) is 2. The molecule has 0 aliphatic carbocycles. The van der Waals surface area contributed by atoms with Gasteiger partial charge in [0.1, 0.15) is 35.1 Å². The van der Waals surface area contributed by atoms with Crippen LogP contribution in [-0.4, -0.2) is 24.2 Å². The minimum Gasteiger partial charge on any atom is -0.491 e. The van der Waals surface area contributed by atoms with Gasteiger partial charge in [-0.1, -0.05) is 6.07 Å². The fourth-order valence-electron chi connectivity index (χ4n) is 3.23. The lowest BCUT2D eigenvalue weighted by Crippen LogP contribution is -2.32. The molecule has 0 fully saturated rings. The summed E-state index contributed by atoms with van der Waals surface area (Å²) in [4.78, 5) is 8.81. The first-order valence-corrected chi connectivity index (χ1v) is 9.16. The zero-order chi connectivity index (χ0) is 21.8. The Morgan fingerprint density at radius 2 is 2.07 bits per heavy atom. The summed E-state index contributed by atoms with van der Waals surface area (Å²) in [5.41, 5.74) is 14.5. The molecule has 10 heteroatoms. The third kappa shape index (κ3) is 3.90. The van der Waals surface area contributed by atoms with E-state index in [1.807, 2.05) is 44.3 Å². The second-order valence-corrected chi connectivity index (χ2v) is 6.87. The van der Waals surface area contributed by atoms with E-state index in [2.05, 4.69) is 20.6 Å². The number of nitrogen functional groups attached to an aromatic ring is 2. The minimum absolute atomic E-state index is 0.000962. The van der Waals surface area contributed by atoms with Crippen LogP contribution in [-0.2, 0) is 11.3 Å². The monoisotopic (exact) mass is 406 g/mol. The summed E-state index contributed by atoms with van der Waals surface area (Å²) in [7, 11) is 1.60. The van der Waals surface area contributed by atoms with Crippen LogP contribution >= 0.6 is 0 Å². The standard InChI is InChI=1S/C20H22N8O2/c1-10(2)30-14-5-4-11(6-12(14)8-29-3)17-15-16(23)13(7-21)18(24)27-19(15)28-20(26-17)25-9-22/h4-6,10,17H,8H2,1-3H3,(H6,23,24,25,26,27,28). The van der Waals surface area contributed by atoms with Crippen LogP contribution in [0.3, 0.4) is 0 Å². The second-order valence-electron chi connectivity index (χ2n) is 6.87. The minimum atomic E-state index is -0.624. The Balaban J connectivity index is 2.18. The van der Waals surface area contributed by atoms with Crippen molar-refractivity contribution in [3.8, 4) is 18.0 Å². The van der Waals surface area contributed by atoms with Gasteiger partial charge in [0.2, 0.25) is 5.96 Å². The van der Waals surface area contributed by atoms with Gasteiger partial charge in [0.15, 0.2) is 6.19 Å². The lowest BCUT2D eigenvalue weighted by Gasteiger charge is -2.27. The molecule has 0 amide bonds. The van der Waals surface area contributed by atoms with Gasteiger partial charge in [-0.2, -0.15) is 10.5 Å². The molecule has 154 valence electrons. The maximum Gasteiger partial charge on any atom is 0.211 e. The third-order valence-electron chi connectivity index (χ3n) is 4.42. The van der Waals surface area contributed by atoms with Gasteiger partial charge in [-0.15, -0.1) is 0 Å². The summed E-state index contributed by atoms with van der Waals surface area (Å²) in [6.45, 7) is 4.22. The highest BCUT2D eigenvalue weighted by Crippen LogP contribution is 2.41. The van der Waals surface area contributed by atoms with Gasteiger partial charge >= 0.3 is 0 Å². The molecule has 0 saturated heterocycles. The summed E-state index contributed by atoms with van der Waals surface area (Å²) in [6.07, 6.45) is 1.83. The summed E-state index contributed by atoms with van der Waals surface area (Å²) in [5, 5.41) is 23.8. The Labute approximate surface area is 174 Å². The smallest absolute Gasteiger partial charge is 0.211 e. The van der Waals surface area contributed by atoms with E-state index < -0.39 is 6.04 Å². The van der Waals surface area contributed by atoms with Crippen molar-refractivity contribution >= 4 is 23.3 Å². The van der Waals surface area contributed by atoms with Crippen molar-refractivity contribution in [3.63, 3.8) is 0 Å². The molecule has 3 rings (SSSR count). The number of pyridine rings is 1. The number of fused-ring (bicyclic) bond motifs is 1. The molecular formula is C20H22N8O2. The number of rotatable bonds is 5. The van der Waals surface area contributed by atoms with Crippen LogP contribution in [0.15, 0.2) is 23.2 Å². The average molecular weight is 406 g/mol. The van der Waals surface area contributed by atoms with Crippen LogP contribution in [0.2, 0.25) is 0 Å². The summed E-state index contributed by atoms with van der Waals surface area (Å²) in [5.74, 6) is 1.23. The molecule has 0 bridgehead atoms. The molecule has 30 heavy (non-hydrogen) atoms. The molecule has 0 saturated carbocycles. The molecular weight excluding hydrogens is 384 g/mol. The first-order valence-electron chi connectivity index (χ1n) is 9.16. The first kappa shape index (κ1) is 20.7. The van der Waals surface area contributed by atoms with Crippen LogP contribution in [0, 0.1) is 22.8 Å². The van der Waals surface area contributed by atoms with Crippen LogP contribution < -0.4 is 26.8 Å². The molecule has 2 aromatic rings. The van der Waals surface area contributed by atoms with E-state index in [1.165, 1.54) is 0 Å². The van der Waals surface area contributed by atoms with Gasteiger partial charge in [0.05, 0.1) is 18.4 Å². The molecule has 6 N–H and O–H groups in total. The maximum absolute atomic E-state index is 9.43. The van der Waals surface area contributed by atoms with Gasteiger partial charge in [-0.3, -0.25) is 5.32 Å². The lowest BCUT2D eigenvalue weighted by molar-refractivity contribution is 0.174. The number of anilines is 3. The van der Waals surface area contributed by atoms with Gasteiger partial charge in [-0.25, -0.2) is 9.98 Å². The molecule has 1 aliphatic heterocycles. The van der Waals surface area contributed by atoms with Crippen molar-refractivity contribution in [2.75, 3.05) is 23.9 Å². The fourth-order valence-corrected chi connectivity index (χ4v) is 3.23. The molecule has 1 aliphatic rings. The van der Waals surface area contributed by atoms with Gasteiger partial charge in [-0.05, 0) is 31.5 Å². The second kappa shape index (κ2) is 8.55. The number of guanidine groups is 1. The number of aliphatic imine (C=N–C) groups is 1. The number of nitriles is 2. The number of hydrogen-bond donors (Lipinski definition) is 4. The number of nitrogens with two attached hydrogens (primary N) is 2. The van der Waals surface area contributed by atoms with Crippen molar-refractivity contribution in [1.82, 2.24) is 10.3 Å². The molecule has 1 atom stereocenters. The lowest BCUT2D eigenvalue weighted by atomic mass is 9.94. The largest absolute Gasteiger partial charge is 0.491 e. The number of hydrogen-bond acceptors (Lipinski definition) is 10. The number of benzene rings is 1. The molecule has 1 unspecified atom stereocenters. The SMILES string of the molecule is COCc1cc(C2N=C(NC#N)Nc3nc(N)c(C#N)c(N)c32)ccc1OC(C)C. The van der Waals surface area contributed by atoms with Crippen molar-refractivity contribution in [1.29, 1.82) is 10.5 Å². The van der Waals surface area contributed by atoms with E-state index in [9.17, 15) is 5.26 Å². The molecule has 0 radical (unpaired) electrons. The molecule has 1 aromatic heterocycles. The fraction of sp³-hybridized carbons (Fsp3) is 0.300. The maximum atomic E-state index is 9.43. The topological polar surface area (TPSA) is 167 Å². The van der Waals surface area contributed by atoms with Crippen molar-refractivity contribution in [2.45, 2.75) is 32.6 Å². The van der Waals surface area contributed by atoms with Crippen molar-refractivity contribution in [2.24, 2.45) is 4.99 Å². The van der Waals surface area contributed by atoms with E-state index in [0.29, 0.717) is 23.7 Å². The normalized spacial score (nSPS) is 14.7. The summed E-state index contributed by atoms with van der Waals surface area (Å²) in [6, 6.07) is 6.95. The van der Waals surface area contributed by atoms with Crippen LogP contribution in [0.4, 0.5) is 17.3 Å². The molecule has 1 aromatic carbocycles. The van der Waals surface area contributed by atoms with Gasteiger partial charge in [0.25, 0.3) is 0 Å². The van der Waals surface area contributed by atoms with Crippen LogP contribution in [0.1, 0.15) is 42.1 Å². The highest BCUT2D eigenvalue weighted by molar-refractivity contribution is 5.98. The Morgan fingerprint density at radius 3 is 2.70 bits per heavy atom. The van der Waals surface area contributed by atoms with Crippen LogP contribution in [0.25, 0.3) is 0 Å². The van der Waals surface area contributed by atoms with E-state index >= 15 is 0 Å². The number of methoxy groups -OCH3 is 1. The van der Waals surface area contributed by atoms with Gasteiger partial charge < -0.3 is 26.3 Å². The van der Waals surface area contributed by atoms with Crippen LogP contribution in [0.5, 0.6) is 5.75 Å². The summed E-state index contributed by atoms with van der Waals surface area (Å²) >= 11 is 0. The van der Waals surface area contributed by atoms with E-state index in [-0.39, 0.29) is 29.1 Å². The van der Waals surface area contributed by atoms with E-state index in [4.69, 9.17) is 26.2 Å². The highest BCUT2D eigenvalue weighted by atomic mass is 16.5.